The molecule has 1 atom stereocenters. The van der Waals surface area contributed by atoms with E-state index < -0.39 is 0 Å². The summed E-state index contributed by atoms with van der Waals surface area (Å²) in [6, 6.07) is 9.65. The first kappa shape index (κ1) is 9.92. The molecule has 5 heteroatoms. The third-order valence-corrected chi connectivity index (χ3v) is 2.82. The number of benzene rings is 1. The number of aliphatic imine (C=N–C) groups is 1. The lowest BCUT2D eigenvalue weighted by Crippen LogP contribution is -2.49. The molecule has 0 bridgehead atoms. The van der Waals surface area contributed by atoms with E-state index in [0.29, 0.717) is 4.59 Å². The molecule has 5 nitrogen and oxygen atoms in total. The van der Waals surface area contributed by atoms with E-state index >= 15 is 0 Å². The van der Waals surface area contributed by atoms with Gasteiger partial charge in [-0.2, -0.15) is 4.99 Å². The van der Waals surface area contributed by atoms with Gasteiger partial charge in [0.1, 0.15) is 13.2 Å². The highest BCUT2D eigenvalue weighted by Crippen LogP contribution is 2.26. The lowest BCUT2D eigenvalue weighted by atomic mass is 10.3. The smallest absolute Gasteiger partial charge is 0.231 e. The molecule has 0 fully saturated rings. The topological polar surface area (TPSA) is 49.1 Å². The Morgan fingerprint density at radius 3 is 2.82 bits per heavy atom. The molecule has 0 saturated carbocycles. The van der Waals surface area contributed by atoms with E-state index in [0.717, 1.165) is 17.3 Å². The van der Waals surface area contributed by atoms with E-state index in [9.17, 15) is 0 Å². The minimum absolute atomic E-state index is 0.385. The van der Waals surface area contributed by atoms with Gasteiger partial charge < -0.3 is 0 Å². The van der Waals surface area contributed by atoms with E-state index in [2.05, 4.69) is 20.6 Å². The number of nitrogens with zero attached hydrogens (tertiary/aromatic N) is 4. The number of hydrogen-bond acceptors (Lipinski definition) is 4. The van der Waals surface area contributed by atoms with Gasteiger partial charge in [-0.3, -0.25) is 0 Å². The van der Waals surface area contributed by atoms with Gasteiger partial charge >= 0.3 is 0 Å². The Kier molecular flexibility index (Phi) is 2.12. The monoisotopic (exact) mass is 226 g/mol. The summed E-state index contributed by atoms with van der Waals surface area (Å²) in [5.74, 6) is 1.70. The van der Waals surface area contributed by atoms with Crippen molar-refractivity contribution in [2.75, 3.05) is 7.05 Å². The molecule has 1 unspecified atom stereocenters. The van der Waals surface area contributed by atoms with Gasteiger partial charge in [0.2, 0.25) is 0 Å². The van der Waals surface area contributed by atoms with Crippen LogP contribution in [0.5, 0.6) is 0 Å². The quantitative estimate of drug-likeness (QED) is 0.611. The highest BCUT2D eigenvalue weighted by atomic mass is 15.7. The maximum atomic E-state index is 4.29. The van der Waals surface area contributed by atoms with E-state index in [1.54, 1.807) is 6.20 Å². The Hall–Kier alpha value is -2.27. The molecule has 0 aliphatic carbocycles. The normalized spacial score (nSPS) is 25.7. The molecule has 1 N–H and O–H groups in total. The number of fused-ring (bicyclic) bond motifs is 1. The van der Waals surface area contributed by atoms with Crippen molar-refractivity contribution in [3.05, 3.63) is 54.6 Å². The first-order valence-corrected chi connectivity index (χ1v) is 5.36. The fourth-order valence-electron chi connectivity index (χ4n) is 1.78. The summed E-state index contributed by atoms with van der Waals surface area (Å²) in [4.78, 5) is 4.29. The first-order valence-electron chi connectivity index (χ1n) is 5.36. The molecule has 2 aliphatic heterocycles. The summed E-state index contributed by atoms with van der Waals surface area (Å²) in [6.07, 6.45) is 5.53. The lowest BCUT2D eigenvalue weighted by molar-refractivity contribution is -0.816. The summed E-state index contributed by atoms with van der Waals surface area (Å²) in [5.41, 5.74) is 4.02. The zero-order valence-corrected chi connectivity index (χ0v) is 9.41. The predicted octanol–water partition coefficient (Wildman–Crippen LogP) is 2.46. The SMILES string of the molecule is C[N+]12NC=CC1=NC=C2N=Nc1ccccc1. The lowest BCUT2D eigenvalue weighted by Gasteiger charge is -2.22. The van der Waals surface area contributed by atoms with Crippen LogP contribution in [0.25, 0.3) is 0 Å². The molecule has 2 aliphatic rings. The Morgan fingerprint density at radius 1 is 1.18 bits per heavy atom. The molecule has 3 rings (SSSR count). The van der Waals surface area contributed by atoms with Crippen LogP contribution in [0.15, 0.2) is 69.8 Å². The largest absolute Gasteiger partial charge is 0.296 e. The van der Waals surface area contributed by atoms with Crippen molar-refractivity contribution in [2.45, 2.75) is 0 Å². The Morgan fingerprint density at radius 2 is 2.00 bits per heavy atom. The minimum atomic E-state index is 0.385. The predicted molar refractivity (Wildman–Crippen MR) is 64.9 cm³/mol. The number of amidine groups is 1. The van der Waals surface area contributed by atoms with Gasteiger partial charge in [0.05, 0.1) is 11.9 Å². The third kappa shape index (κ3) is 1.57. The highest BCUT2D eigenvalue weighted by Gasteiger charge is 2.41. The summed E-state index contributed by atoms with van der Waals surface area (Å²) >= 11 is 0. The average molecular weight is 226 g/mol. The fourth-order valence-corrected chi connectivity index (χ4v) is 1.78. The van der Waals surface area contributed by atoms with Crippen LogP contribution in [0.2, 0.25) is 0 Å². The fraction of sp³-hybridized carbons (Fsp3) is 0.0833. The molecule has 1 aromatic carbocycles. The van der Waals surface area contributed by atoms with E-state index in [4.69, 9.17) is 0 Å². The van der Waals surface area contributed by atoms with Crippen molar-refractivity contribution in [3.8, 4) is 0 Å². The van der Waals surface area contributed by atoms with E-state index in [-0.39, 0.29) is 0 Å². The summed E-state index contributed by atoms with van der Waals surface area (Å²) in [7, 11) is 1.99. The van der Waals surface area contributed by atoms with Crippen LogP contribution in [-0.2, 0) is 0 Å². The standard InChI is InChI=1S/C12H12N5/c1-17-11(7-8-14-17)13-9-12(17)16-15-10-5-3-2-4-6-10/h2-9,14H,1H3/q+1. The van der Waals surface area contributed by atoms with Crippen molar-refractivity contribution in [1.82, 2.24) is 5.43 Å². The van der Waals surface area contributed by atoms with Crippen LogP contribution < -0.4 is 5.43 Å². The molecule has 0 radical (unpaired) electrons. The molecule has 1 aromatic rings. The van der Waals surface area contributed by atoms with Gasteiger partial charge in [-0.1, -0.05) is 23.3 Å². The Bertz CT molecular complexity index is 556. The van der Waals surface area contributed by atoms with Crippen molar-refractivity contribution in [3.63, 3.8) is 0 Å². The highest BCUT2D eigenvalue weighted by molar-refractivity contribution is 5.90. The summed E-state index contributed by atoms with van der Waals surface area (Å²) in [5, 5.41) is 8.44. The van der Waals surface area contributed by atoms with Gasteiger partial charge in [0.15, 0.2) is 0 Å². The number of hydrogen-bond donors (Lipinski definition) is 1. The molecule has 0 spiro atoms. The van der Waals surface area contributed by atoms with Crippen molar-refractivity contribution in [1.29, 1.82) is 0 Å². The second-order valence-electron chi connectivity index (χ2n) is 3.98. The number of nitrogens with one attached hydrogen (secondary N) is 1. The molecule has 0 amide bonds. The van der Waals surface area contributed by atoms with Gasteiger partial charge in [-0.15, -0.1) is 9.71 Å². The molecular weight excluding hydrogens is 214 g/mol. The Balaban J connectivity index is 1.83. The summed E-state index contributed by atoms with van der Waals surface area (Å²) < 4.78 is 0.385. The molecule has 0 saturated heterocycles. The second kappa shape index (κ2) is 3.64. The van der Waals surface area contributed by atoms with Crippen LogP contribution in [0.1, 0.15) is 0 Å². The van der Waals surface area contributed by atoms with Crippen molar-refractivity contribution in [2.24, 2.45) is 15.2 Å². The van der Waals surface area contributed by atoms with E-state index in [1.807, 2.05) is 49.7 Å². The molecule has 0 aromatic heterocycles. The van der Waals surface area contributed by atoms with Crippen LogP contribution in [0.4, 0.5) is 5.69 Å². The molecular formula is C12H12N5+. The molecule has 2 heterocycles. The van der Waals surface area contributed by atoms with E-state index in [1.165, 1.54) is 0 Å². The number of azo groups is 1. The van der Waals surface area contributed by atoms with Crippen LogP contribution >= 0.6 is 0 Å². The average Bonchev–Trinajstić information content (AvgIpc) is 2.85. The third-order valence-electron chi connectivity index (χ3n) is 2.82. The first-order chi connectivity index (χ1) is 8.29. The van der Waals surface area contributed by atoms with Crippen molar-refractivity contribution < 1.29 is 4.59 Å². The zero-order chi connectivity index (χ0) is 11.7. The van der Waals surface area contributed by atoms with Gasteiger partial charge in [0, 0.05) is 6.08 Å². The number of likely N-dealkylation sites (N-methyl/N-ethyl adjacent to an activating group) is 1. The number of quaternary nitrogens is 1. The maximum absolute atomic E-state index is 4.29. The van der Waals surface area contributed by atoms with Gasteiger partial charge in [0.25, 0.3) is 11.7 Å². The minimum Gasteiger partial charge on any atom is -0.231 e. The van der Waals surface area contributed by atoms with Crippen LogP contribution in [0.3, 0.4) is 0 Å². The molecule has 84 valence electrons. The van der Waals surface area contributed by atoms with Gasteiger partial charge in [-0.05, 0) is 12.1 Å². The second-order valence-corrected chi connectivity index (χ2v) is 3.98. The van der Waals surface area contributed by atoms with Crippen LogP contribution in [-0.4, -0.2) is 17.5 Å². The van der Waals surface area contributed by atoms with Gasteiger partial charge in [-0.25, -0.2) is 5.43 Å². The zero-order valence-electron chi connectivity index (χ0n) is 9.41. The number of rotatable bonds is 2. The maximum Gasteiger partial charge on any atom is 0.296 e. The summed E-state index contributed by atoms with van der Waals surface area (Å²) in [6.45, 7) is 0. The Labute approximate surface area is 99.1 Å². The van der Waals surface area contributed by atoms with Crippen molar-refractivity contribution >= 4 is 11.5 Å². The molecule has 17 heavy (non-hydrogen) atoms. The van der Waals surface area contributed by atoms with Crippen LogP contribution in [0, 0.1) is 0 Å².